The molecular weight excluding hydrogens is 536 g/mol. The zero-order valence-electron chi connectivity index (χ0n) is 23.3. The number of nitrogens with one attached hydrogen (secondary N) is 1. The van der Waals surface area contributed by atoms with E-state index in [-0.39, 0.29) is 30.3 Å². The Bertz CT molecular complexity index is 1500. The molecule has 3 atom stereocenters. The van der Waals surface area contributed by atoms with Crippen LogP contribution < -0.4 is 11.5 Å². The van der Waals surface area contributed by atoms with Crippen molar-refractivity contribution in [2.75, 3.05) is 18.8 Å². The fraction of sp³-hybridized carbons (Fsp3) is 0.344. The lowest BCUT2D eigenvalue weighted by Gasteiger charge is -2.46. The SMILES string of the molecule is C[C@@H]1CN(C(=O)CC(N)c2ccc(Cl)cc2)[C@@H](CCCc2cnc(N)[nH]2)CN1C(=O)Cc1ccc2ccccc2c1. The molecule has 2 amide bonds. The van der Waals surface area contributed by atoms with E-state index in [1.54, 1.807) is 18.3 Å². The van der Waals surface area contributed by atoms with Gasteiger partial charge in [0.05, 0.1) is 12.6 Å². The first-order chi connectivity index (χ1) is 19.8. The fourth-order valence-electron chi connectivity index (χ4n) is 5.73. The summed E-state index contributed by atoms with van der Waals surface area (Å²) in [5.74, 6) is 0.464. The largest absolute Gasteiger partial charge is 0.369 e. The number of halogens is 1. The Labute approximate surface area is 245 Å². The molecule has 4 aromatic rings. The van der Waals surface area contributed by atoms with Gasteiger partial charge in [0.25, 0.3) is 0 Å². The number of fused-ring (bicyclic) bond motifs is 1. The number of nitrogens with zero attached hydrogens (tertiary/aromatic N) is 3. The lowest BCUT2D eigenvalue weighted by molar-refractivity contribution is -0.146. The first-order valence-electron chi connectivity index (χ1n) is 14.1. The number of amides is 2. The van der Waals surface area contributed by atoms with Crippen molar-refractivity contribution in [3.05, 3.63) is 94.8 Å². The van der Waals surface area contributed by atoms with Crippen molar-refractivity contribution in [3.8, 4) is 0 Å². The number of aryl methyl sites for hydroxylation is 1. The molecule has 8 nitrogen and oxygen atoms in total. The number of anilines is 1. The van der Waals surface area contributed by atoms with Crippen LogP contribution in [-0.2, 0) is 22.4 Å². The summed E-state index contributed by atoms with van der Waals surface area (Å²) in [5.41, 5.74) is 15.0. The highest BCUT2D eigenvalue weighted by Gasteiger charge is 2.36. The van der Waals surface area contributed by atoms with Gasteiger partial charge in [0, 0.05) is 48.4 Å². The normalized spacial score (nSPS) is 18.0. The monoisotopic (exact) mass is 572 g/mol. The number of benzene rings is 3. The molecule has 0 spiro atoms. The molecule has 3 aromatic carbocycles. The van der Waals surface area contributed by atoms with E-state index in [2.05, 4.69) is 34.2 Å². The van der Waals surface area contributed by atoms with Crippen LogP contribution in [0, 0.1) is 0 Å². The Hall–Kier alpha value is -3.88. The van der Waals surface area contributed by atoms with Crippen LogP contribution in [0.25, 0.3) is 10.8 Å². The van der Waals surface area contributed by atoms with Crippen molar-refractivity contribution in [2.45, 2.75) is 57.2 Å². The van der Waals surface area contributed by atoms with Crippen molar-refractivity contribution in [1.82, 2.24) is 19.8 Å². The maximum Gasteiger partial charge on any atom is 0.227 e. The molecule has 9 heteroatoms. The molecule has 1 aromatic heterocycles. The highest BCUT2D eigenvalue weighted by atomic mass is 35.5. The number of nitrogen functional groups attached to an aromatic ring is 1. The third-order valence-electron chi connectivity index (χ3n) is 7.98. The molecule has 1 fully saturated rings. The van der Waals surface area contributed by atoms with Gasteiger partial charge in [-0.1, -0.05) is 66.2 Å². The van der Waals surface area contributed by atoms with Crippen LogP contribution in [0.3, 0.4) is 0 Å². The van der Waals surface area contributed by atoms with Crippen molar-refractivity contribution < 1.29 is 9.59 Å². The van der Waals surface area contributed by atoms with Gasteiger partial charge in [-0.05, 0) is 60.2 Å². The van der Waals surface area contributed by atoms with E-state index in [0.717, 1.165) is 46.9 Å². The number of H-pyrrole nitrogens is 1. The molecular formula is C32H37ClN6O2. The molecule has 0 bridgehead atoms. The van der Waals surface area contributed by atoms with E-state index in [1.165, 1.54) is 0 Å². The Morgan fingerprint density at radius 3 is 2.51 bits per heavy atom. The minimum atomic E-state index is -0.434. The molecule has 0 radical (unpaired) electrons. The van der Waals surface area contributed by atoms with Crippen molar-refractivity contribution in [1.29, 1.82) is 0 Å². The number of hydrogen-bond donors (Lipinski definition) is 3. The van der Waals surface area contributed by atoms with Gasteiger partial charge in [-0.2, -0.15) is 0 Å². The Morgan fingerprint density at radius 2 is 1.78 bits per heavy atom. The van der Waals surface area contributed by atoms with E-state index in [0.29, 0.717) is 30.5 Å². The Kier molecular flexibility index (Phi) is 8.90. The van der Waals surface area contributed by atoms with Crippen LogP contribution in [0.2, 0.25) is 5.02 Å². The zero-order valence-corrected chi connectivity index (χ0v) is 24.1. The average molecular weight is 573 g/mol. The summed E-state index contributed by atoms with van der Waals surface area (Å²) in [7, 11) is 0. The molecule has 1 aliphatic rings. The number of piperazine rings is 1. The van der Waals surface area contributed by atoms with E-state index in [9.17, 15) is 9.59 Å². The highest BCUT2D eigenvalue weighted by Crippen LogP contribution is 2.25. The molecule has 1 aliphatic heterocycles. The van der Waals surface area contributed by atoms with Gasteiger partial charge in [0.1, 0.15) is 0 Å². The Balaban J connectivity index is 1.29. The fourth-order valence-corrected chi connectivity index (χ4v) is 5.85. The molecule has 41 heavy (non-hydrogen) atoms. The maximum absolute atomic E-state index is 13.6. The summed E-state index contributed by atoms with van der Waals surface area (Å²) in [4.78, 5) is 38.2. The average Bonchev–Trinajstić information content (AvgIpc) is 3.38. The van der Waals surface area contributed by atoms with E-state index >= 15 is 0 Å². The lowest BCUT2D eigenvalue weighted by Crippen LogP contribution is -2.60. The van der Waals surface area contributed by atoms with Gasteiger partial charge in [-0.3, -0.25) is 9.59 Å². The first-order valence-corrected chi connectivity index (χ1v) is 14.5. The van der Waals surface area contributed by atoms with Crippen LogP contribution in [-0.4, -0.2) is 56.8 Å². The molecule has 1 unspecified atom stereocenters. The second-order valence-electron chi connectivity index (χ2n) is 11.0. The summed E-state index contributed by atoms with van der Waals surface area (Å²) >= 11 is 6.03. The van der Waals surface area contributed by atoms with Gasteiger partial charge >= 0.3 is 0 Å². The minimum Gasteiger partial charge on any atom is -0.369 e. The number of carbonyl (C=O) groups is 2. The minimum absolute atomic E-state index is 0.00304. The number of aromatic nitrogens is 2. The first kappa shape index (κ1) is 28.6. The molecule has 5 rings (SSSR count). The quantitative estimate of drug-likeness (QED) is 0.264. The van der Waals surface area contributed by atoms with Crippen LogP contribution in [0.15, 0.2) is 72.9 Å². The summed E-state index contributed by atoms with van der Waals surface area (Å²) in [5, 5.41) is 2.90. The number of imidazole rings is 1. The highest BCUT2D eigenvalue weighted by molar-refractivity contribution is 6.30. The van der Waals surface area contributed by atoms with Gasteiger partial charge in [0.15, 0.2) is 5.95 Å². The van der Waals surface area contributed by atoms with Crippen molar-refractivity contribution >= 4 is 40.1 Å². The molecule has 5 N–H and O–H groups in total. The summed E-state index contributed by atoms with van der Waals surface area (Å²) in [6, 6.07) is 21.0. The molecule has 2 heterocycles. The van der Waals surface area contributed by atoms with Gasteiger partial charge in [-0.15, -0.1) is 0 Å². The number of carbonyl (C=O) groups excluding carboxylic acids is 2. The smallest absolute Gasteiger partial charge is 0.227 e. The summed E-state index contributed by atoms with van der Waals surface area (Å²) < 4.78 is 0. The predicted octanol–water partition coefficient (Wildman–Crippen LogP) is 4.88. The number of nitrogens with two attached hydrogens (primary N) is 2. The number of aromatic amines is 1. The second-order valence-corrected chi connectivity index (χ2v) is 11.4. The number of rotatable bonds is 9. The summed E-state index contributed by atoms with van der Waals surface area (Å²) in [6.45, 7) is 2.97. The van der Waals surface area contributed by atoms with Crippen LogP contribution in [0.4, 0.5) is 5.95 Å². The lowest BCUT2D eigenvalue weighted by atomic mass is 9.97. The maximum atomic E-state index is 13.6. The van der Waals surface area contributed by atoms with E-state index in [4.69, 9.17) is 23.1 Å². The third-order valence-corrected chi connectivity index (χ3v) is 8.23. The van der Waals surface area contributed by atoms with Gasteiger partial charge < -0.3 is 26.3 Å². The van der Waals surface area contributed by atoms with Crippen molar-refractivity contribution in [3.63, 3.8) is 0 Å². The van der Waals surface area contributed by atoms with E-state index < -0.39 is 6.04 Å². The standard InChI is InChI=1S/C32H37ClN6O2/c1-21-19-39(31(41)17-29(34)24-11-13-26(33)14-12-24)28(8-4-7-27-18-36-32(35)37-27)20-38(21)30(40)16-22-9-10-23-5-2-3-6-25(23)15-22/h2-3,5-6,9-15,18,21,28-29H,4,7-8,16-17,19-20,34H2,1H3,(H3,35,36,37)/t21-,28+,29?/m1/s1. The predicted molar refractivity (Wildman–Crippen MR) is 163 cm³/mol. The van der Waals surface area contributed by atoms with Gasteiger partial charge in [0.2, 0.25) is 11.8 Å². The van der Waals surface area contributed by atoms with Crippen molar-refractivity contribution in [2.24, 2.45) is 5.73 Å². The van der Waals surface area contributed by atoms with Gasteiger partial charge in [-0.25, -0.2) is 4.98 Å². The van der Waals surface area contributed by atoms with E-state index in [1.807, 2.05) is 47.1 Å². The topological polar surface area (TPSA) is 121 Å². The number of hydrogen-bond acceptors (Lipinski definition) is 5. The molecule has 0 saturated carbocycles. The van der Waals surface area contributed by atoms with Crippen LogP contribution >= 0.6 is 11.6 Å². The molecule has 1 saturated heterocycles. The Morgan fingerprint density at radius 1 is 1.02 bits per heavy atom. The molecule has 0 aliphatic carbocycles. The van der Waals surface area contributed by atoms with Crippen LogP contribution in [0.5, 0.6) is 0 Å². The second kappa shape index (κ2) is 12.7. The molecule has 214 valence electrons. The summed E-state index contributed by atoms with van der Waals surface area (Å²) in [6.07, 6.45) is 4.57. The van der Waals surface area contributed by atoms with Crippen LogP contribution in [0.1, 0.15) is 49.0 Å². The third kappa shape index (κ3) is 7.07. The zero-order chi connectivity index (χ0) is 28.9.